The van der Waals surface area contributed by atoms with Gasteiger partial charge in [0.2, 0.25) is 0 Å². The van der Waals surface area contributed by atoms with Gasteiger partial charge in [-0.1, -0.05) is 0 Å². The van der Waals surface area contributed by atoms with Crippen LogP contribution in [0.25, 0.3) is 0 Å². The van der Waals surface area contributed by atoms with Crippen LogP contribution < -0.4 is 0 Å². The number of rotatable bonds is 4. The van der Waals surface area contributed by atoms with E-state index in [0.29, 0.717) is 0 Å². The van der Waals surface area contributed by atoms with Crippen molar-refractivity contribution in [2.45, 2.75) is 12.2 Å². The van der Waals surface area contributed by atoms with Crippen molar-refractivity contribution >= 4 is 0 Å². The molecular weight excluding hydrogens is 168 g/mol. The van der Waals surface area contributed by atoms with E-state index in [2.05, 4.69) is 0 Å². The molecule has 12 heavy (non-hydrogen) atoms. The van der Waals surface area contributed by atoms with Crippen molar-refractivity contribution in [2.75, 3.05) is 26.4 Å². The zero-order chi connectivity index (χ0) is 9.98. The van der Waals surface area contributed by atoms with Crippen molar-refractivity contribution < 1.29 is 30.6 Å². The summed E-state index contributed by atoms with van der Waals surface area (Å²) in [5, 5.41) is 48.4. The summed E-state index contributed by atoms with van der Waals surface area (Å²) in [4.78, 5) is 0. The highest BCUT2D eigenvalue weighted by atomic mass is 16.4. The number of aliphatic hydroxyl groups excluding tert-OH is 6. The minimum absolute atomic E-state index is 0.125. The number of hydrogen-bond donors (Lipinski definition) is 6. The predicted octanol–water partition coefficient (Wildman–Crippen LogP) is -3.34. The predicted molar refractivity (Wildman–Crippen MR) is 40.4 cm³/mol. The molecule has 6 nitrogen and oxygen atoms in total. The Labute approximate surface area is 70.3 Å². The van der Waals surface area contributed by atoms with Crippen LogP contribution in [0, 0.1) is 0 Å². The van der Waals surface area contributed by atoms with E-state index in [9.17, 15) is 0 Å². The molecule has 0 aromatic rings. The van der Waals surface area contributed by atoms with Gasteiger partial charge in [-0.15, -0.1) is 0 Å². The summed E-state index contributed by atoms with van der Waals surface area (Å²) >= 11 is 0. The van der Waals surface area contributed by atoms with Crippen molar-refractivity contribution in [3.63, 3.8) is 0 Å². The highest BCUT2D eigenvalue weighted by molar-refractivity contribution is 4.62. The monoisotopic (exact) mass is 184 g/mol. The van der Waals surface area contributed by atoms with Crippen LogP contribution in [0.5, 0.6) is 0 Å². The second-order valence-corrected chi connectivity index (χ2v) is 1.95. The largest absolute Gasteiger partial charge is 0.394 e. The average molecular weight is 184 g/mol. The minimum Gasteiger partial charge on any atom is -0.394 e. The van der Waals surface area contributed by atoms with Crippen LogP contribution in [0.2, 0.25) is 0 Å². The molecule has 0 spiro atoms. The van der Waals surface area contributed by atoms with E-state index >= 15 is 0 Å². The molecule has 6 heteroatoms. The maximum Gasteiger partial charge on any atom is 0.105 e. The third kappa shape index (κ3) is 9.76. The molecule has 0 fully saturated rings. The Hall–Kier alpha value is -0.240. The molecular formula is C6H16O6. The summed E-state index contributed by atoms with van der Waals surface area (Å²) in [6.45, 7) is -1.30. The summed E-state index contributed by atoms with van der Waals surface area (Å²) in [5.41, 5.74) is 0. The maximum absolute atomic E-state index is 8.47. The van der Waals surface area contributed by atoms with Gasteiger partial charge in [0.05, 0.1) is 26.4 Å². The van der Waals surface area contributed by atoms with Crippen LogP contribution in [0.15, 0.2) is 0 Å². The molecule has 0 amide bonds. The number of hydrogen-bond acceptors (Lipinski definition) is 6. The molecule has 2 atom stereocenters. The van der Waals surface area contributed by atoms with Crippen molar-refractivity contribution in [1.29, 1.82) is 0 Å². The van der Waals surface area contributed by atoms with Gasteiger partial charge in [-0.05, 0) is 0 Å². The fourth-order valence-corrected chi connectivity index (χ4v) is 0.243. The molecule has 0 bridgehead atoms. The van der Waals surface area contributed by atoms with Crippen molar-refractivity contribution in [3.8, 4) is 0 Å². The third-order valence-corrected chi connectivity index (χ3v) is 0.918. The normalized spacial score (nSPS) is 14.5. The molecule has 2 unspecified atom stereocenters. The molecule has 76 valence electrons. The quantitative estimate of drug-likeness (QED) is 0.272. The first-order chi connectivity index (χ1) is 5.63. The molecule has 0 aromatic carbocycles. The van der Waals surface area contributed by atoms with Crippen LogP contribution in [0.4, 0.5) is 0 Å². The average Bonchev–Trinajstić information content (AvgIpc) is 2.15. The van der Waals surface area contributed by atoms with Gasteiger partial charge in [0, 0.05) is 0 Å². The zero-order valence-electron chi connectivity index (χ0n) is 6.67. The maximum atomic E-state index is 8.47. The molecule has 0 aliphatic carbocycles. The Balaban J connectivity index is 0. The molecule has 0 saturated heterocycles. The first-order valence-electron chi connectivity index (χ1n) is 3.43. The highest BCUT2D eigenvalue weighted by Crippen LogP contribution is 1.88. The van der Waals surface area contributed by atoms with Crippen molar-refractivity contribution in [2.24, 2.45) is 0 Å². The summed E-state index contributed by atoms with van der Waals surface area (Å²) in [6, 6.07) is 0. The van der Waals surface area contributed by atoms with Gasteiger partial charge in [-0.3, -0.25) is 0 Å². The highest BCUT2D eigenvalue weighted by Gasteiger charge is 2.12. The van der Waals surface area contributed by atoms with Crippen LogP contribution in [-0.4, -0.2) is 69.3 Å². The van der Waals surface area contributed by atoms with E-state index in [1.54, 1.807) is 0 Å². The van der Waals surface area contributed by atoms with Crippen molar-refractivity contribution in [1.82, 2.24) is 0 Å². The van der Waals surface area contributed by atoms with Crippen LogP contribution in [0.3, 0.4) is 0 Å². The van der Waals surface area contributed by atoms with E-state index in [4.69, 9.17) is 30.6 Å². The minimum atomic E-state index is -1.22. The Morgan fingerprint density at radius 2 is 0.917 bits per heavy atom. The summed E-state index contributed by atoms with van der Waals surface area (Å²) in [7, 11) is 0. The van der Waals surface area contributed by atoms with E-state index in [1.165, 1.54) is 0 Å². The molecule has 0 heterocycles. The van der Waals surface area contributed by atoms with E-state index in [0.717, 1.165) is 0 Å². The van der Waals surface area contributed by atoms with E-state index in [1.807, 2.05) is 0 Å². The lowest BCUT2D eigenvalue weighted by Gasteiger charge is -2.10. The van der Waals surface area contributed by atoms with Crippen molar-refractivity contribution in [3.05, 3.63) is 0 Å². The van der Waals surface area contributed by atoms with E-state index in [-0.39, 0.29) is 13.2 Å². The second kappa shape index (κ2) is 10.8. The Bertz CT molecular complexity index is 68.4. The summed E-state index contributed by atoms with van der Waals surface area (Å²) in [5.74, 6) is 0. The topological polar surface area (TPSA) is 121 Å². The van der Waals surface area contributed by atoms with Crippen LogP contribution in [0.1, 0.15) is 0 Å². The standard InChI is InChI=1S/C4H10O4.C2H6O2/c5-1-3(7)4(8)2-6;3-1-2-4/h3-8H,1-2H2;3-4H,1-2H2. The van der Waals surface area contributed by atoms with Gasteiger partial charge in [-0.25, -0.2) is 0 Å². The number of aliphatic hydroxyl groups is 6. The third-order valence-electron chi connectivity index (χ3n) is 0.918. The first kappa shape index (κ1) is 14.3. The first-order valence-corrected chi connectivity index (χ1v) is 3.43. The lowest BCUT2D eigenvalue weighted by Crippen LogP contribution is -2.31. The molecule has 0 radical (unpaired) electrons. The van der Waals surface area contributed by atoms with Gasteiger partial charge in [0.1, 0.15) is 12.2 Å². The van der Waals surface area contributed by atoms with Gasteiger partial charge in [0.15, 0.2) is 0 Å². The Morgan fingerprint density at radius 3 is 1.00 bits per heavy atom. The fourth-order valence-electron chi connectivity index (χ4n) is 0.243. The molecule has 0 aromatic heterocycles. The molecule has 0 saturated carbocycles. The van der Waals surface area contributed by atoms with Gasteiger partial charge in [0.25, 0.3) is 0 Å². The molecule has 6 N–H and O–H groups in total. The smallest absolute Gasteiger partial charge is 0.105 e. The van der Waals surface area contributed by atoms with Gasteiger partial charge in [-0.2, -0.15) is 0 Å². The van der Waals surface area contributed by atoms with Gasteiger partial charge >= 0.3 is 0 Å². The Morgan fingerprint density at radius 1 is 0.667 bits per heavy atom. The summed E-state index contributed by atoms with van der Waals surface area (Å²) in [6.07, 6.45) is -2.44. The van der Waals surface area contributed by atoms with Crippen LogP contribution in [-0.2, 0) is 0 Å². The Kier molecular flexibility index (Phi) is 12.8. The summed E-state index contributed by atoms with van der Waals surface area (Å²) < 4.78 is 0. The lowest BCUT2D eigenvalue weighted by atomic mass is 10.2. The molecule has 0 rings (SSSR count). The molecule has 0 aliphatic heterocycles. The van der Waals surface area contributed by atoms with E-state index < -0.39 is 25.4 Å². The van der Waals surface area contributed by atoms with Crippen LogP contribution >= 0.6 is 0 Å². The SMILES string of the molecule is OCC(O)C(O)CO.OCCO. The van der Waals surface area contributed by atoms with Gasteiger partial charge < -0.3 is 30.6 Å². The lowest BCUT2D eigenvalue weighted by molar-refractivity contribution is -0.0388. The zero-order valence-corrected chi connectivity index (χ0v) is 6.67. The fraction of sp³-hybridized carbons (Fsp3) is 1.00. The molecule has 0 aliphatic rings. The second-order valence-electron chi connectivity index (χ2n) is 1.95.